The molecule has 0 saturated heterocycles. The fourth-order valence-electron chi connectivity index (χ4n) is 1.80. The number of alkyl halides is 6. The zero-order valence-corrected chi connectivity index (χ0v) is 12.5. The lowest BCUT2D eigenvalue weighted by Crippen LogP contribution is -2.53. The summed E-state index contributed by atoms with van der Waals surface area (Å²) in [6, 6.07) is 0. The average Bonchev–Trinajstić information content (AvgIpc) is 2.84. The molecule has 0 spiro atoms. The Kier molecular flexibility index (Phi) is 4.24. The summed E-state index contributed by atoms with van der Waals surface area (Å²) in [5.74, 6) is 4.08. The fourth-order valence-corrected chi connectivity index (χ4v) is 2.99. The molecule has 1 aromatic heterocycles. The molecule has 1 aromatic rings. The standard InChI is InChI=1S/C9H6ClF6N5OS/c1-20-5(4-18-19-7(23-4)9(14,15)16)21(17)3(8(11,12)13)2(10)6(20)22/h5H,17H2,1H3. The molecule has 1 amide bonds. The molecule has 0 radical (unpaired) electrons. The lowest BCUT2D eigenvalue weighted by atomic mass is 10.2. The van der Waals surface area contributed by atoms with Gasteiger partial charge in [-0.05, 0) is 0 Å². The van der Waals surface area contributed by atoms with Crippen molar-refractivity contribution in [2.45, 2.75) is 18.5 Å². The van der Waals surface area contributed by atoms with Crippen molar-refractivity contribution in [3.8, 4) is 0 Å². The molecule has 2 rings (SSSR count). The third-order valence-electron chi connectivity index (χ3n) is 2.78. The zero-order valence-electron chi connectivity index (χ0n) is 10.9. The highest BCUT2D eigenvalue weighted by atomic mass is 35.5. The summed E-state index contributed by atoms with van der Waals surface area (Å²) in [6.07, 6.45) is -11.6. The van der Waals surface area contributed by atoms with Crippen LogP contribution in [0.25, 0.3) is 0 Å². The van der Waals surface area contributed by atoms with Crippen molar-refractivity contribution in [2.75, 3.05) is 7.05 Å². The molecule has 1 aliphatic rings. The van der Waals surface area contributed by atoms with Gasteiger partial charge in [0.1, 0.15) is 5.03 Å². The van der Waals surface area contributed by atoms with Gasteiger partial charge in [0.25, 0.3) is 5.91 Å². The molecule has 0 aliphatic carbocycles. The number of carbonyl (C=O) groups is 1. The molecular formula is C9H6ClF6N5OS. The van der Waals surface area contributed by atoms with Crippen molar-refractivity contribution >= 4 is 28.8 Å². The molecule has 0 aromatic carbocycles. The van der Waals surface area contributed by atoms with Crippen molar-refractivity contribution < 1.29 is 31.1 Å². The molecule has 128 valence electrons. The minimum absolute atomic E-state index is 0.0260. The van der Waals surface area contributed by atoms with Gasteiger partial charge >= 0.3 is 12.4 Å². The minimum Gasteiger partial charge on any atom is -0.313 e. The third kappa shape index (κ3) is 3.07. The number of likely N-dealkylation sites (N-methyl/N-ethyl adjacent to an activating group) is 1. The Bertz CT molecular complexity index is 670. The summed E-state index contributed by atoms with van der Waals surface area (Å²) in [6.45, 7) is 0. The van der Waals surface area contributed by atoms with Crippen molar-refractivity contribution in [1.29, 1.82) is 0 Å². The third-order valence-corrected chi connectivity index (χ3v) is 4.13. The molecule has 14 heteroatoms. The van der Waals surface area contributed by atoms with Crippen molar-refractivity contribution in [1.82, 2.24) is 20.1 Å². The van der Waals surface area contributed by atoms with E-state index in [1.54, 1.807) is 0 Å². The number of nitrogens with two attached hydrogens (primary N) is 1. The van der Waals surface area contributed by atoms with Gasteiger partial charge < -0.3 is 4.90 Å². The lowest BCUT2D eigenvalue weighted by Gasteiger charge is -2.40. The highest BCUT2D eigenvalue weighted by Gasteiger charge is 2.50. The van der Waals surface area contributed by atoms with E-state index in [9.17, 15) is 31.1 Å². The van der Waals surface area contributed by atoms with Gasteiger partial charge in [0.15, 0.2) is 16.9 Å². The second-order valence-electron chi connectivity index (χ2n) is 4.30. The van der Waals surface area contributed by atoms with Gasteiger partial charge in [-0.25, -0.2) is 5.84 Å². The molecule has 1 unspecified atom stereocenters. The minimum atomic E-state index is -5.08. The number of carbonyl (C=O) groups excluding carboxylic acids is 1. The maximum Gasteiger partial charge on any atom is 0.445 e. The Labute approximate surface area is 133 Å². The predicted molar refractivity (Wildman–Crippen MR) is 65.4 cm³/mol. The molecule has 0 bridgehead atoms. The number of amides is 1. The van der Waals surface area contributed by atoms with Crippen LogP contribution >= 0.6 is 22.9 Å². The van der Waals surface area contributed by atoms with Crippen molar-refractivity contribution in [3.05, 3.63) is 20.7 Å². The van der Waals surface area contributed by atoms with E-state index in [1.807, 2.05) is 0 Å². The van der Waals surface area contributed by atoms with E-state index >= 15 is 0 Å². The Morgan fingerprint density at radius 2 is 1.74 bits per heavy atom. The first-order chi connectivity index (χ1) is 10.4. The molecule has 23 heavy (non-hydrogen) atoms. The van der Waals surface area contributed by atoms with Crippen LogP contribution in [0.15, 0.2) is 10.7 Å². The summed E-state index contributed by atoms with van der Waals surface area (Å²) in [5.41, 5.74) is -1.67. The molecule has 2 heterocycles. The summed E-state index contributed by atoms with van der Waals surface area (Å²) >= 11 is 5.35. The Morgan fingerprint density at radius 3 is 2.17 bits per heavy atom. The van der Waals surface area contributed by atoms with Gasteiger partial charge in [0, 0.05) is 7.05 Å². The maximum atomic E-state index is 13.0. The van der Waals surface area contributed by atoms with Crippen LogP contribution in [0.2, 0.25) is 0 Å². The Balaban J connectivity index is 2.52. The number of nitrogens with zero attached hydrogens (tertiary/aromatic N) is 4. The molecule has 0 fully saturated rings. The van der Waals surface area contributed by atoms with Crippen LogP contribution in [-0.4, -0.2) is 39.2 Å². The second-order valence-corrected chi connectivity index (χ2v) is 5.69. The summed E-state index contributed by atoms with van der Waals surface area (Å²) < 4.78 is 76.6. The van der Waals surface area contributed by atoms with E-state index in [0.717, 1.165) is 7.05 Å². The monoisotopic (exact) mass is 381 g/mol. The maximum absolute atomic E-state index is 13.0. The number of allylic oxidation sites excluding steroid dienone is 1. The van der Waals surface area contributed by atoms with Gasteiger partial charge in [-0.2, -0.15) is 26.3 Å². The van der Waals surface area contributed by atoms with E-state index in [0.29, 0.717) is 4.90 Å². The first kappa shape index (κ1) is 17.7. The predicted octanol–water partition coefficient (Wildman–Crippen LogP) is 2.22. The van der Waals surface area contributed by atoms with Crippen LogP contribution in [0.1, 0.15) is 16.2 Å². The molecule has 2 N–H and O–H groups in total. The van der Waals surface area contributed by atoms with Crippen LogP contribution in [0.5, 0.6) is 0 Å². The fraction of sp³-hybridized carbons (Fsp3) is 0.444. The molecule has 1 aliphatic heterocycles. The van der Waals surface area contributed by atoms with Crippen LogP contribution in [0, 0.1) is 0 Å². The summed E-state index contributed by atoms with van der Waals surface area (Å²) in [5, 5.41) is 2.97. The van der Waals surface area contributed by atoms with Crippen LogP contribution in [-0.2, 0) is 11.0 Å². The Hall–Kier alpha value is -1.60. The normalized spacial score (nSPS) is 20.6. The Morgan fingerprint density at radius 1 is 1.17 bits per heavy atom. The van der Waals surface area contributed by atoms with Gasteiger partial charge in [0.05, 0.1) is 0 Å². The van der Waals surface area contributed by atoms with Gasteiger partial charge in [-0.3, -0.25) is 9.80 Å². The van der Waals surface area contributed by atoms with Crippen LogP contribution in [0.3, 0.4) is 0 Å². The van der Waals surface area contributed by atoms with E-state index in [-0.39, 0.29) is 16.3 Å². The molecular weight excluding hydrogens is 376 g/mol. The first-order valence-electron chi connectivity index (χ1n) is 5.54. The first-order valence-corrected chi connectivity index (χ1v) is 6.73. The highest BCUT2D eigenvalue weighted by Crippen LogP contribution is 2.42. The molecule has 6 nitrogen and oxygen atoms in total. The van der Waals surface area contributed by atoms with E-state index in [4.69, 9.17) is 17.4 Å². The summed E-state index contributed by atoms with van der Waals surface area (Å²) in [4.78, 5) is 12.4. The number of hydrazine groups is 1. The number of hydrogen-bond acceptors (Lipinski definition) is 6. The topological polar surface area (TPSA) is 75.4 Å². The second kappa shape index (κ2) is 5.49. The zero-order chi connectivity index (χ0) is 17.7. The number of hydrogen-bond donors (Lipinski definition) is 1. The largest absolute Gasteiger partial charge is 0.445 e. The van der Waals surface area contributed by atoms with Crippen LogP contribution < -0.4 is 5.84 Å². The van der Waals surface area contributed by atoms with Gasteiger partial charge in [-0.1, -0.05) is 22.9 Å². The van der Waals surface area contributed by atoms with E-state index < -0.39 is 45.2 Å². The molecule has 1 atom stereocenters. The molecule has 0 saturated carbocycles. The number of rotatable bonds is 1. The summed E-state index contributed by atoms with van der Waals surface area (Å²) in [7, 11) is 1.02. The van der Waals surface area contributed by atoms with E-state index in [2.05, 4.69) is 10.2 Å². The number of aromatic nitrogens is 2. The highest BCUT2D eigenvalue weighted by molar-refractivity contribution is 7.11. The van der Waals surface area contributed by atoms with Crippen molar-refractivity contribution in [2.24, 2.45) is 5.84 Å². The van der Waals surface area contributed by atoms with Gasteiger partial charge in [-0.15, -0.1) is 10.2 Å². The average molecular weight is 382 g/mol. The van der Waals surface area contributed by atoms with E-state index in [1.165, 1.54) is 0 Å². The van der Waals surface area contributed by atoms with Crippen LogP contribution in [0.4, 0.5) is 26.3 Å². The SMILES string of the molecule is CN1C(=O)C(Cl)=C(C(F)(F)F)N(N)C1c1nnc(C(F)(F)F)s1. The lowest BCUT2D eigenvalue weighted by molar-refractivity contribution is -0.148. The quantitative estimate of drug-likeness (QED) is 0.596. The van der Waals surface area contributed by atoms with Crippen molar-refractivity contribution in [3.63, 3.8) is 0 Å². The smallest absolute Gasteiger partial charge is 0.313 e. The number of halogens is 7. The van der Waals surface area contributed by atoms with Gasteiger partial charge in [0.2, 0.25) is 5.01 Å².